The van der Waals surface area contributed by atoms with Gasteiger partial charge < -0.3 is 24.7 Å². The molecule has 1 rings (SSSR count). The summed E-state index contributed by atoms with van der Waals surface area (Å²) in [6.45, 7) is 5.99. The molecule has 0 aromatic heterocycles. The van der Waals surface area contributed by atoms with Crippen molar-refractivity contribution in [2.75, 3.05) is 21.3 Å². The molecule has 0 saturated carbocycles. The van der Waals surface area contributed by atoms with E-state index in [-0.39, 0.29) is 12.4 Å². The van der Waals surface area contributed by atoms with Gasteiger partial charge >= 0.3 is 8.80 Å². The van der Waals surface area contributed by atoms with Gasteiger partial charge in [0.2, 0.25) is 0 Å². The molecular weight excluding hydrogens is 344 g/mol. The van der Waals surface area contributed by atoms with E-state index < -0.39 is 19.5 Å². The van der Waals surface area contributed by atoms with Crippen LogP contribution in [0.3, 0.4) is 0 Å². The summed E-state index contributed by atoms with van der Waals surface area (Å²) in [5.41, 5.74) is 13.7. The fourth-order valence-electron chi connectivity index (χ4n) is 3.21. The topological polar surface area (TPSA) is 79.7 Å². The Kier molecular flexibility index (Phi) is 9.38. The van der Waals surface area contributed by atoms with Gasteiger partial charge in [0.15, 0.2) is 0 Å². The summed E-state index contributed by atoms with van der Waals surface area (Å²) in [6.07, 6.45) is 3.65. The molecule has 24 heavy (non-hydrogen) atoms. The first kappa shape index (κ1) is 23.3. The van der Waals surface area contributed by atoms with Crippen molar-refractivity contribution < 1.29 is 13.3 Å². The van der Waals surface area contributed by atoms with Crippen molar-refractivity contribution in [1.82, 2.24) is 0 Å². The van der Waals surface area contributed by atoms with Crippen molar-refractivity contribution in [3.8, 4) is 0 Å². The van der Waals surface area contributed by atoms with E-state index in [4.69, 9.17) is 24.7 Å². The number of rotatable bonds is 10. The second-order valence-corrected chi connectivity index (χ2v) is 9.03. The van der Waals surface area contributed by atoms with E-state index in [0.717, 1.165) is 12.0 Å². The van der Waals surface area contributed by atoms with Crippen molar-refractivity contribution in [2.45, 2.75) is 36.9 Å². The summed E-state index contributed by atoms with van der Waals surface area (Å²) in [6, 6.07) is 9.96. The molecule has 0 aliphatic rings. The van der Waals surface area contributed by atoms with E-state index in [1.54, 1.807) is 27.4 Å². The van der Waals surface area contributed by atoms with Gasteiger partial charge in [-0.2, -0.15) is 0 Å². The van der Waals surface area contributed by atoms with Crippen LogP contribution in [0.25, 0.3) is 0 Å². The standard InChI is InChI=1S/C17H30N2O3Si.ClH/c1-6-13-17(19,23(20-3,21-4)22-5)16(18,7-2)14-15-11-9-8-10-12-15;/h7-12H,2,6,13-14,18-19H2,1,3-5H3;1H. The molecule has 0 aliphatic heterocycles. The summed E-state index contributed by atoms with van der Waals surface area (Å²) in [4.78, 5) is 0. The molecule has 0 radical (unpaired) electrons. The quantitative estimate of drug-likeness (QED) is 0.485. The summed E-state index contributed by atoms with van der Waals surface area (Å²) < 4.78 is 17.0. The van der Waals surface area contributed by atoms with Gasteiger partial charge in [0, 0.05) is 21.3 Å². The molecular formula is C17H31ClN2O3Si. The van der Waals surface area contributed by atoms with Crippen LogP contribution < -0.4 is 11.5 Å². The van der Waals surface area contributed by atoms with Crippen LogP contribution in [0.2, 0.25) is 0 Å². The molecule has 1 aromatic rings. The highest BCUT2D eigenvalue weighted by atomic mass is 35.5. The van der Waals surface area contributed by atoms with Crippen molar-refractivity contribution in [1.29, 1.82) is 0 Å². The Hall–Kier alpha value is -0.733. The minimum Gasteiger partial charge on any atom is -0.376 e. The second kappa shape index (κ2) is 9.67. The Balaban J connectivity index is 0.00000529. The van der Waals surface area contributed by atoms with Gasteiger partial charge in [-0.3, -0.25) is 0 Å². The smallest absolute Gasteiger partial charge is 0.376 e. The van der Waals surface area contributed by atoms with Gasteiger partial charge in [0.1, 0.15) is 5.16 Å². The minimum absolute atomic E-state index is 0. The van der Waals surface area contributed by atoms with Crippen LogP contribution in [0.15, 0.2) is 43.0 Å². The van der Waals surface area contributed by atoms with Gasteiger partial charge in [-0.15, -0.1) is 19.0 Å². The molecule has 2 unspecified atom stereocenters. The van der Waals surface area contributed by atoms with E-state index in [1.807, 2.05) is 37.3 Å². The number of nitrogens with two attached hydrogens (primary N) is 2. The molecule has 0 aliphatic carbocycles. The molecule has 0 fully saturated rings. The predicted molar refractivity (Wildman–Crippen MR) is 103 cm³/mol. The van der Waals surface area contributed by atoms with Crippen LogP contribution in [-0.4, -0.2) is 40.8 Å². The fourth-order valence-corrected chi connectivity index (χ4v) is 6.12. The largest absolute Gasteiger partial charge is 0.523 e. The van der Waals surface area contributed by atoms with Crippen LogP contribution in [0, 0.1) is 0 Å². The summed E-state index contributed by atoms with van der Waals surface area (Å²) >= 11 is 0. The first-order chi connectivity index (χ1) is 10.9. The maximum absolute atomic E-state index is 6.85. The van der Waals surface area contributed by atoms with Crippen LogP contribution in [0.5, 0.6) is 0 Å². The monoisotopic (exact) mass is 374 g/mol. The Bertz CT molecular complexity index is 494. The third kappa shape index (κ3) is 4.08. The zero-order valence-corrected chi connectivity index (χ0v) is 16.9. The first-order valence-corrected chi connectivity index (χ1v) is 9.51. The molecule has 0 bridgehead atoms. The number of benzene rings is 1. The van der Waals surface area contributed by atoms with E-state index in [2.05, 4.69) is 6.58 Å². The Labute approximate surface area is 153 Å². The van der Waals surface area contributed by atoms with E-state index in [0.29, 0.717) is 12.8 Å². The summed E-state index contributed by atoms with van der Waals surface area (Å²) in [5, 5.41) is -0.995. The Morgan fingerprint density at radius 1 is 1.08 bits per heavy atom. The molecule has 1 aromatic carbocycles. The lowest BCUT2D eigenvalue weighted by Gasteiger charge is -2.50. The van der Waals surface area contributed by atoms with Gasteiger partial charge in [-0.1, -0.05) is 49.8 Å². The average Bonchev–Trinajstić information content (AvgIpc) is 2.57. The maximum atomic E-state index is 6.85. The van der Waals surface area contributed by atoms with Gasteiger partial charge in [-0.25, -0.2) is 0 Å². The average molecular weight is 375 g/mol. The lowest BCUT2D eigenvalue weighted by atomic mass is 9.82. The van der Waals surface area contributed by atoms with Crippen molar-refractivity contribution in [3.63, 3.8) is 0 Å². The molecule has 0 heterocycles. The van der Waals surface area contributed by atoms with Crippen LogP contribution >= 0.6 is 12.4 Å². The van der Waals surface area contributed by atoms with E-state index in [1.165, 1.54) is 0 Å². The molecule has 138 valence electrons. The molecule has 0 spiro atoms. The highest BCUT2D eigenvalue weighted by Gasteiger charge is 2.65. The van der Waals surface area contributed by atoms with Gasteiger partial charge in [0.25, 0.3) is 0 Å². The lowest BCUT2D eigenvalue weighted by molar-refractivity contribution is 0.0712. The van der Waals surface area contributed by atoms with Crippen LogP contribution in [0.1, 0.15) is 25.3 Å². The van der Waals surface area contributed by atoms with Gasteiger partial charge in [0.05, 0.1) is 5.54 Å². The third-order valence-electron chi connectivity index (χ3n) is 4.53. The van der Waals surface area contributed by atoms with E-state index in [9.17, 15) is 0 Å². The van der Waals surface area contributed by atoms with Crippen molar-refractivity contribution in [3.05, 3.63) is 48.6 Å². The molecule has 5 nitrogen and oxygen atoms in total. The Morgan fingerprint density at radius 3 is 1.96 bits per heavy atom. The highest BCUT2D eigenvalue weighted by Crippen LogP contribution is 2.36. The zero-order valence-electron chi connectivity index (χ0n) is 15.1. The summed E-state index contributed by atoms with van der Waals surface area (Å²) in [5.74, 6) is 0. The predicted octanol–water partition coefficient (Wildman–Crippen LogP) is 2.45. The van der Waals surface area contributed by atoms with Gasteiger partial charge in [-0.05, 0) is 18.4 Å². The number of halogens is 1. The summed E-state index contributed by atoms with van der Waals surface area (Å²) in [7, 11) is 1.45. The molecule has 4 N–H and O–H groups in total. The van der Waals surface area contributed by atoms with Crippen LogP contribution in [0.4, 0.5) is 0 Å². The fraction of sp³-hybridized carbons (Fsp3) is 0.529. The highest BCUT2D eigenvalue weighted by molar-refractivity contribution is 6.64. The molecule has 7 heteroatoms. The second-order valence-electron chi connectivity index (χ2n) is 5.80. The van der Waals surface area contributed by atoms with Crippen molar-refractivity contribution >= 4 is 21.2 Å². The Morgan fingerprint density at radius 2 is 1.58 bits per heavy atom. The van der Waals surface area contributed by atoms with E-state index >= 15 is 0 Å². The molecule has 2 atom stereocenters. The van der Waals surface area contributed by atoms with Crippen molar-refractivity contribution in [2.24, 2.45) is 11.5 Å². The number of hydrogen-bond donors (Lipinski definition) is 2. The molecule has 0 saturated heterocycles. The first-order valence-electron chi connectivity index (χ1n) is 7.79. The lowest BCUT2D eigenvalue weighted by Crippen LogP contribution is -2.81. The normalized spacial score (nSPS) is 16.6. The zero-order chi connectivity index (χ0) is 17.6. The minimum atomic E-state index is -3.22. The number of hydrogen-bond acceptors (Lipinski definition) is 5. The molecule has 0 amide bonds. The maximum Gasteiger partial charge on any atom is 0.523 e. The van der Waals surface area contributed by atoms with Crippen LogP contribution in [-0.2, 0) is 19.7 Å². The SMILES string of the molecule is C=CC(N)(Cc1ccccc1)C(N)(CCC)[Si](OC)(OC)OC.Cl. The third-order valence-corrected chi connectivity index (χ3v) is 7.95.